The number of ether oxygens (including phenoxy) is 1. The van der Waals surface area contributed by atoms with Crippen molar-refractivity contribution in [3.63, 3.8) is 0 Å². The molecule has 4 heterocycles. The maximum Gasteiger partial charge on any atom is 0.259 e. The highest BCUT2D eigenvalue weighted by Gasteiger charge is 2.33. The van der Waals surface area contributed by atoms with Gasteiger partial charge >= 0.3 is 0 Å². The minimum absolute atomic E-state index is 0.0802. The van der Waals surface area contributed by atoms with Gasteiger partial charge in [-0.3, -0.25) is 4.79 Å². The summed E-state index contributed by atoms with van der Waals surface area (Å²) in [5, 5.41) is 4.86. The standard InChI is InChI=1S/C21H25N3O4/c1-5-14-6-7-17(27-14)16-11-26-9-8-24(16)21(25)15-10-13(4)22-20-18(15)19(12(2)3)23-28-20/h6-7,10,12,16H,5,8-9,11H2,1-4H3. The van der Waals surface area contributed by atoms with E-state index in [1.54, 1.807) is 0 Å². The number of morpholine rings is 1. The number of carbonyl (C=O) groups is 1. The van der Waals surface area contributed by atoms with E-state index in [1.165, 1.54) is 0 Å². The van der Waals surface area contributed by atoms with Crippen molar-refractivity contribution in [2.75, 3.05) is 19.8 Å². The molecule has 7 heteroatoms. The fourth-order valence-corrected chi connectivity index (χ4v) is 3.66. The number of aryl methyl sites for hydroxylation is 2. The van der Waals surface area contributed by atoms with Crippen LogP contribution in [0.5, 0.6) is 0 Å². The predicted octanol–water partition coefficient (Wildman–Crippen LogP) is 4.02. The molecule has 1 atom stereocenters. The van der Waals surface area contributed by atoms with Crippen LogP contribution in [0.15, 0.2) is 27.1 Å². The topological polar surface area (TPSA) is 81.6 Å². The zero-order valence-corrected chi connectivity index (χ0v) is 16.7. The lowest BCUT2D eigenvalue weighted by Crippen LogP contribution is -2.43. The van der Waals surface area contributed by atoms with Crippen LogP contribution in [0, 0.1) is 6.92 Å². The highest BCUT2D eigenvalue weighted by Crippen LogP contribution is 2.32. The molecule has 1 amide bonds. The Kier molecular flexibility index (Phi) is 4.93. The van der Waals surface area contributed by atoms with Crippen molar-refractivity contribution < 1.29 is 18.5 Å². The van der Waals surface area contributed by atoms with Gasteiger partial charge in [-0.05, 0) is 31.0 Å². The SMILES string of the molecule is CCc1ccc(C2COCCN2C(=O)c2cc(C)nc3onc(C(C)C)c23)o1. The Morgan fingerprint density at radius 3 is 2.89 bits per heavy atom. The number of furan rings is 1. The Balaban J connectivity index is 1.78. The quantitative estimate of drug-likeness (QED) is 0.677. The van der Waals surface area contributed by atoms with Crippen LogP contribution >= 0.6 is 0 Å². The lowest BCUT2D eigenvalue weighted by molar-refractivity contribution is -0.00892. The maximum atomic E-state index is 13.6. The predicted molar refractivity (Wildman–Crippen MR) is 103 cm³/mol. The highest BCUT2D eigenvalue weighted by atomic mass is 16.5. The van der Waals surface area contributed by atoms with E-state index in [2.05, 4.69) is 10.1 Å². The smallest absolute Gasteiger partial charge is 0.259 e. The molecule has 4 rings (SSSR count). The van der Waals surface area contributed by atoms with Crippen LogP contribution in [0.3, 0.4) is 0 Å². The van der Waals surface area contributed by atoms with Crippen LogP contribution in [0.25, 0.3) is 11.1 Å². The molecule has 3 aromatic heterocycles. The Morgan fingerprint density at radius 2 is 2.18 bits per heavy atom. The van der Waals surface area contributed by atoms with E-state index >= 15 is 0 Å². The van der Waals surface area contributed by atoms with E-state index in [4.69, 9.17) is 13.7 Å². The largest absolute Gasteiger partial charge is 0.464 e. The lowest BCUT2D eigenvalue weighted by atomic mass is 10.0. The second-order valence-corrected chi connectivity index (χ2v) is 7.46. The number of amides is 1. The Morgan fingerprint density at radius 1 is 1.36 bits per heavy atom. The summed E-state index contributed by atoms with van der Waals surface area (Å²) < 4.78 is 17.0. The number of pyridine rings is 1. The number of fused-ring (bicyclic) bond motifs is 1. The van der Waals surface area contributed by atoms with Gasteiger partial charge in [-0.2, -0.15) is 0 Å². The average Bonchev–Trinajstić information content (AvgIpc) is 3.33. The van der Waals surface area contributed by atoms with Crippen LogP contribution in [-0.4, -0.2) is 40.7 Å². The molecule has 0 spiro atoms. The van der Waals surface area contributed by atoms with Gasteiger partial charge in [0.25, 0.3) is 11.6 Å². The van der Waals surface area contributed by atoms with Crippen molar-refractivity contribution in [1.82, 2.24) is 15.0 Å². The molecule has 0 saturated carbocycles. The number of hydrogen-bond donors (Lipinski definition) is 0. The molecule has 1 saturated heterocycles. The monoisotopic (exact) mass is 383 g/mol. The maximum absolute atomic E-state index is 13.6. The normalized spacial score (nSPS) is 17.6. The summed E-state index contributed by atoms with van der Waals surface area (Å²) in [6.45, 7) is 9.35. The molecule has 0 aliphatic carbocycles. The third kappa shape index (κ3) is 3.20. The molecular weight excluding hydrogens is 358 g/mol. The van der Waals surface area contributed by atoms with Gasteiger partial charge in [0.15, 0.2) is 0 Å². The fraction of sp³-hybridized carbons (Fsp3) is 0.476. The first-order valence-electron chi connectivity index (χ1n) is 9.73. The summed E-state index contributed by atoms with van der Waals surface area (Å²) in [6.07, 6.45) is 0.810. The van der Waals surface area contributed by atoms with E-state index < -0.39 is 0 Å². The van der Waals surface area contributed by atoms with Crippen molar-refractivity contribution >= 4 is 17.0 Å². The van der Waals surface area contributed by atoms with Crippen LogP contribution in [-0.2, 0) is 11.2 Å². The van der Waals surface area contributed by atoms with Gasteiger partial charge in [-0.15, -0.1) is 0 Å². The Labute approximate surface area is 163 Å². The van der Waals surface area contributed by atoms with Crippen molar-refractivity contribution in [3.8, 4) is 0 Å². The van der Waals surface area contributed by atoms with Gasteiger partial charge in [0.2, 0.25) is 0 Å². The number of carbonyl (C=O) groups excluding carboxylic acids is 1. The molecule has 7 nitrogen and oxygen atoms in total. The summed E-state index contributed by atoms with van der Waals surface area (Å²) in [5.74, 6) is 1.69. The molecule has 0 radical (unpaired) electrons. The third-order valence-corrected chi connectivity index (χ3v) is 5.13. The van der Waals surface area contributed by atoms with Crippen molar-refractivity contribution in [3.05, 3.63) is 46.7 Å². The van der Waals surface area contributed by atoms with E-state index in [0.29, 0.717) is 36.4 Å². The van der Waals surface area contributed by atoms with Crippen molar-refractivity contribution in [2.24, 2.45) is 0 Å². The summed E-state index contributed by atoms with van der Waals surface area (Å²) in [7, 11) is 0. The zero-order valence-electron chi connectivity index (χ0n) is 16.7. The van der Waals surface area contributed by atoms with Gasteiger partial charge in [0.05, 0.1) is 29.9 Å². The summed E-state index contributed by atoms with van der Waals surface area (Å²) in [5.41, 5.74) is 2.45. The highest BCUT2D eigenvalue weighted by molar-refractivity contribution is 6.06. The second kappa shape index (κ2) is 7.39. The van der Waals surface area contributed by atoms with Gasteiger partial charge in [0.1, 0.15) is 17.6 Å². The van der Waals surface area contributed by atoms with E-state index in [9.17, 15) is 4.79 Å². The molecule has 0 aromatic carbocycles. The third-order valence-electron chi connectivity index (χ3n) is 5.13. The average molecular weight is 383 g/mol. The Bertz CT molecular complexity index is 1000. The Hall–Kier alpha value is -2.67. The van der Waals surface area contributed by atoms with Crippen LogP contribution in [0.4, 0.5) is 0 Å². The first-order valence-corrected chi connectivity index (χ1v) is 9.73. The molecule has 148 valence electrons. The van der Waals surface area contributed by atoms with Gasteiger partial charge in [-0.1, -0.05) is 25.9 Å². The van der Waals surface area contributed by atoms with E-state index in [1.807, 2.05) is 50.8 Å². The first-order chi connectivity index (χ1) is 13.5. The van der Waals surface area contributed by atoms with Crippen molar-refractivity contribution in [1.29, 1.82) is 0 Å². The number of hydrogen-bond acceptors (Lipinski definition) is 6. The molecule has 0 bridgehead atoms. The van der Waals surface area contributed by atoms with Crippen LogP contribution in [0.1, 0.15) is 66.0 Å². The molecular formula is C21H25N3O4. The molecule has 1 unspecified atom stereocenters. The molecule has 1 fully saturated rings. The van der Waals surface area contributed by atoms with E-state index in [-0.39, 0.29) is 17.9 Å². The molecule has 1 aliphatic rings. The summed E-state index contributed by atoms with van der Waals surface area (Å²) >= 11 is 0. The summed E-state index contributed by atoms with van der Waals surface area (Å²) in [4.78, 5) is 19.9. The van der Waals surface area contributed by atoms with Gasteiger partial charge in [-0.25, -0.2) is 4.98 Å². The number of nitrogens with zero attached hydrogens (tertiary/aromatic N) is 3. The molecule has 28 heavy (non-hydrogen) atoms. The zero-order chi connectivity index (χ0) is 19.8. The molecule has 3 aromatic rings. The number of rotatable bonds is 4. The fourth-order valence-electron chi connectivity index (χ4n) is 3.66. The van der Waals surface area contributed by atoms with Gasteiger partial charge < -0.3 is 18.6 Å². The molecule has 1 aliphatic heterocycles. The lowest BCUT2D eigenvalue weighted by Gasteiger charge is -2.34. The van der Waals surface area contributed by atoms with Crippen molar-refractivity contribution in [2.45, 2.75) is 46.1 Å². The molecule has 0 N–H and O–H groups in total. The van der Waals surface area contributed by atoms with E-state index in [0.717, 1.165) is 29.3 Å². The number of aromatic nitrogens is 2. The van der Waals surface area contributed by atoms with Crippen LogP contribution < -0.4 is 0 Å². The van der Waals surface area contributed by atoms with Crippen LogP contribution in [0.2, 0.25) is 0 Å². The summed E-state index contributed by atoms with van der Waals surface area (Å²) in [6, 6.07) is 5.45. The second-order valence-electron chi connectivity index (χ2n) is 7.46. The minimum atomic E-state index is -0.257. The van der Waals surface area contributed by atoms with Gasteiger partial charge in [0, 0.05) is 18.7 Å². The first kappa shape index (κ1) is 18.7. The minimum Gasteiger partial charge on any atom is -0.464 e.